The van der Waals surface area contributed by atoms with Crippen LogP contribution < -0.4 is 0 Å². The van der Waals surface area contributed by atoms with E-state index in [9.17, 15) is 0 Å². The molecule has 0 saturated heterocycles. The third-order valence-corrected chi connectivity index (χ3v) is 4.21. The Morgan fingerprint density at radius 1 is 1.06 bits per heavy atom. The molecule has 0 radical (unpaired) electrons. The van der Waals surface area contributed by atoms with Crippen molar-refractivity contribution in [2.24, 2.45) is 5.41 Å². The van der Waals surface area contributed by atoms with E-state index in [0.717, 1.165) is 6.54 Å². The van der Waals surface area contributed by atoms with Crippen molar-refractivity contribution in [3.05, 3.63) is 11.6 Å². The van der Waals surface area contributed by atoms with Gasteiger partial charge in [0.25, 0.3) is 0 Å². The smallest absolute Gasteiger partial charge is 0.0256 e. The van der Waals surface area contributed by atoms with Crippen LogP contribution in [0.5, 0.6) is 0 Å². The van der Waals surface area contributed by atoms with Crippen molar-refractivity contribution in [2.75, 3.05) is 6.54 Å². The van der Waals surface area contributed by atoms with Gasteiger partial charge in [-0.2, -0.15) is 0 Å². The molecule has 0 N–H and O–H groups in total. The lowest BCUT2D eigenvalue weighted by Crippen LogP contribution is -2.52. The van der Waals surface area contributed by atoms with E-state index in [0.29, 0.717) is 16.5 Å². The fraction of sp³-hybridized carbons (Fsp3) is 0.867. The summed E-state index contributed by atoms with van der Waals surface area (Å²) in [5.74, 6) is 0. The van der Waals surface area contributed by atoms with Crippen molar-refractivity contribution in [1.82, 2.24) is 4.90 Å². The zero-order valence-electron chi connectivity index (χ0n) is 11.9. The molecule has 0 bridgehead atoms. The van der Waals surface area contributed by atoms with Crippen LogP contribution in [0.15, 0.2) is 11.6 Å². The SMILES string of the molecule is CC(C)(C)C1=CCN(C(C)(C)C)C2(CC2)C1. The highest BCUT2D eigenvalue weighted by Gasteiger charge is 2.53. The van der Waals surface area contributed by atoms with Crippen molar-refractivity contribution >= 4 is 0 Å². The summed E-state index contributed by atoms with van der Waals surface area (Å²) in [5, 5.41) is 0. The van der Waals surface area contributed by atoms with E-state index in [-0.39, 0.29) is 0 Å². The molecule has 0 aromatic heterocycles. The van der Waals surface area contributed by atoms with Crippen molar-refractivity contribution in [1.29, 1.82) is 0 Å². The number of hydrogen-bond acceptors (Lipinski definition) is 1. The van der Waals surface area contributed by atoms with E-state index in [1.807, 2.05) is 0 Å². The first-order valence-electron chi connectivity index (χ1n) is 6.62. The van der Waals surface area contributed by atoms with Gasteiger partial charge in [-0.3, -0.25) is 4.90 Å². The fourth-order valence-corrected chi connectivity index (χ4v) is 3.06. The van der Waals surface area contributed by atoms with E-state index in [1.54, 1.807) is 5.57 Å². The highest BCUT2D eigenvalue weighted by Crippen LogP contribution is 2.53. The van der Waals surface area contributed by atoms with Gasteiger partial charge >= 0.3 is 0 Å². The average molecular weight is 221 g/mol. The van der Waals surface area contributed by atoms with Crippen molar-refractivity contribution < 1.29 is 0 Å². The van der Waals surface area contributed by atoms with Gasteiger partial charge in [0.15, 0.2) is 0 Å². The molecule has 92 valence electrons. The second-order valence-electron chi connectivity index (χ2n) is 7.66. The Morgan fingerprint density at radius 3 is 2.00 bits per heavy atom. The van der Waals surface area contributed by atoms with Crippen LogP contribution in [0.4, 0.5) is 0 Å². The minimum atomic E-state index is 0.316. The van der Waals surface area contributed by atoms with E-state index >= 15 is 0 Å². The molecular formula is C15H27N. The maximum absolute atomic E-state index is 2.72. The van der Waals surface area contributed by atoms with Gasteiger partial charge < -0.3 is 0 Å². The fourth-order valence-electron chi connectivity index (χ4n) is 3.06. The first-order chi connectivity index (χ1) is 7.15. The summed E-state index contributed by atoms with van der Waals surface area (Å²) in [4.78, 5) is 2.72. The van der Waals surface area contributed by atoms with Crippen molar-refractivity contribution in [3.63, 3.8) is 0 Å². The molecule has 1 aliphatic carbocycles. The lowest BCUT2D eigenvalue weighted by molar-refractivity contribution is 0.0686. The second-order valence-corrected chi connectivity index (χ2v) is 7.66. The molecule has 0 amide bonds. The molecule has 0 unspecified atom stereocenters. The zero-order valence-corrected chi connectivity index (χ0v) is 11.9. The van der Waals surface area contributed by atoms with Crippen LogP contribution in [0.25, 0.3) is 0 Å². The van der Waals surface area contributed by atoms with Gasteiger partial charge in [0.05, 0.1) is 0 Å². The predicted molar refractivity (Wildman–Crippen MR) is 70.6 cm³/mol. The van der Waals surface area contributed by atoms with E-state index in [1.165, 1.54) is 19.3 Å². The summed E-state index contributed by atoms with van der Waals surface area (Å²) in [6.07, 6.45) is 6.58. The quantitative estimate of drug-likeness (QED) is 0.559. The predicted octanol–water partition coefficient (Wildman–Crippen LogP) is 4.00. The first kappa shape index (κ1) is 12.2. The van der Waals surface area contributed by atoms with Gasteiger partial charge in [0, 0.05) is 17.6 Å². The van der Waals surface area contributed by atoms with E-state index in [2.05, 4.69) is 52.5 Å². The van der Waals surface area contributed by atoms with Gasteiger partial charge in [0.1, 0.15) is 0 Å². The third kappa shape index (κ3) is 2.07. The average Bonchev–Trinajstić information content (AvgIpc) is 2.81. The second kappa shape index (κ2) is 3.35. The van der Waals surface area contributed by atoms with Crippen molar-refractivity contribution in [3.8, 4) is 0 Å². The molecule has 1 aliphatic heterocycles. The van der Waals surface area contributed by atoms with Gasteiger partial charge in [0.2, 0.25) is 0 Å². The van der Waals surface area contributed by atoms with Gasteiger partial charge in [-0.05, 0) is 45.4 Å². The van der Waals surface area contributed by atoms with Crippen LogP contribution in [-0.2, 0) is 0 Å². The zero-order chi connectivity index (χ0) is 12.2. The molecule has 2 rings (SSSR count). The summed E-state index contributed by atoms with van der Waals surface area (Å²) < 4.78 is 0. The Labute approximate surface area is 101 Å². The van der Waals surface area contributed by atoms with Crippen LogP contribution in [0.1, 0.15) is 60.8 Å². The summed E-state index contributed by atoms with van der Waals surface area (Å²) in [6.45, 7) is 15.2. The Morgan fingerprint density at radius 2 is 1.62 bits per heavy atom. The molecule has 1 nitrogen and oxygen atoms in total. The topological polar surface area (TPSA) is 3.24 Å². The van der Waals surface area contributed by atoms with Crippen LogP contribution in [0, 0.1) is 5.41 Å². The van der Waals surface area contributed by atoms with Crippen LogP contribution in [0.2, 0.25) is 0 Å². The molecule has 0 aromatic carbocycles. The summed E-state index contributed by atoms with van der Waals surface area (Å²) in [7, 11) is 0. The van der Waals surface area contributed by atoms with Gasteiger partial charge in [-0.25, -0.2) is 0 Å². The molecule has 1 heteroatoms. The molecule has 1 heterocycles. The highest BCUT2D eigenvalue weighted by molar-refractivity contribution is 5.25. The lowest BCUT2D eigenvalue weighted by Gasteiger charge is -2.46. The van der Waals surface area contributed by atoms with E-state index < -0.39 is 0 Å². The normalized spacial score (nSPS) is 25.8. The monoisotopic (exact) mass is 221 g/mol. The number of rotatable bonds is 0. The van der Waals surface area contributed by atoms with Gasteiger partial charge in [-0.15, -0.1) is 0 Å². The summed E-state index contributed by atoms with van der Waals surface area (Å²) >= 11 is 0. The maximum Gasteiger partial charge on any atom is 0.0256 e. The molecule has 1 spiro atoms. The van der Waals surface area contributed by atoms with Crippen molar-refractivity contribution in [2.45, 2.75) is 71.9 Å². The van der Waals surface area contributed by atoms with Crippen LogP contribution in [0.3, 0.4) is 0 Å². The molecule has 2 aliphatic rings. The third-order valence-electron chi connectivity index (χ3n) is 4.21. The minimum absolute atomic E-state index is 0.316. The standard InChI is InChI=1S/C15H27N/c1-13(2,3)12-7-10-16(14(4,5)6)15(11-12)8-9-15/h7H,8-11H2,1-6H3. The van der Waals surface area contributed by atoms with Crippen LogP contribution >= 0.6 is 0 Å². The molecule has 1 saturated carbocycles. The Kier molecular flexibility index (Phi) is 2.55. The highest BCUT2D eigenvalue weighted by atomic mass is 15.3. The lowest BCUT2D eigenvalue weighted by atomic mass is 9.78. The molecule has 0 atom stereocenters. The molecule has 16 heavy (non-hydrogen) atoms. The molecule has 0 aromatic rings. The van der Waals surface area contributed by atoms with E-state index in [4.69, 9.17) is 0 Å². The van der Waals surface area contributed by atoms with Gasteiger partial charge in [-0.1, -0.05) is 32.4 Å². The Bertz CT molecular complexity index is 307. The number of nitrogens with zero attached hydrogens (tertiary/aromatic N) is 1. The molecular weight excluding hydrogens is 194 g/mol. The summed E-state index contributed by atoms with van der Waals surface area (Å²) in [5.41, 5.74) is 2.87. The summed E-state index contributed by atoms with van der Waals surface area (Å²) in [6, 6.07) is 0. The minimum Gasteiger partial charge on any atom is -0.289 e. The van der Waals surface area contributed by atoms with Crippen LogP contribution in [-0.4, -0.2) is 22.5 Å². The Hall–Kier alpha value is -0.300. The largest absolute Gasteiger partial charge is 0.289 e. The number of hydrogen-bond donors (Lipinski definition) is 0. The maximum atomic E-state index is 2.72. The molecule has 1 fully saturated rings. The Balaban J connectivity index is 2.23. The first-order valence-corrected chi connectivity index (χ1v) is 6.62.